The van der Waals surface area contributed by atoms with Crippen LogP contribution in [0.25, 0.3) is 5.70 Å². The Morgan fingerprint density at radius 2 is 1.69 bits per heavy atom. The minimum absolute atomic E-state index is 0.0837. The van der Waals surface area contributed by atoms with Crippen molar-refractivity contribution in [2.75, 3.05) is 17.2 Å². The van der Waals surface area contributed by atoms with E-state index in [9.17, 15) is 4.39 Å². The third kappa shape index (κ3) is 7.22. The van der Waals surface area contributed by atoms with Crippen LogP contribution < -0.4 is 16.0 Å². The van der Waals surface area contributed by atoms with E-state index in [0.29, 0.717) is 11.6 Å². The molecule has 0 radical (unpaired) electrons. The lowest BCUT2D eigenvalue weighted by molar-refractivity contribution is 0.627. The monoisotopic (exact) mass is 468 g/mol. The number of fused-ring (bicyclic) bond motifs is 1. The molecular weight excluding hydrogens is 435 g/mol. The van der Waals surface area contributed by atoms with Gasteiger partial charge in [-0.1, -0.05) is 62.0 Å². The van der Waals surface area contributed by atoms with Crippen LogP contribution in [0.2, 0.25) is 0 Å². The molecule has 5 rings (SSSR count). The second-order valence-electron chi connectivity index (χ2n) is 8.32. The zero-order valence-corrected chi connectivity index (χ0v) is 20.2. The number of nitrogens with zero attached hydrogens (tertiary/aromatic N) is 1. The molecule has 0 aromatic heterocycles. The molecule has 3 aromatic rings. The van der Waals surface area contributed by atoms with Gasteiger partial charge in [-0.05, 0) is 55.5 Å². The summed E-state index contributed by atoms with van der Waals surface area (Å²) in [4.78, 5) is 4.88. The number of aliphatic imine (C=N–C) groups is 1. The largest absolute Gasteiger partial charge is 0.385 e. The number of hydrogen-bond acceptors (Lipinski definition) is 4. The Balaban J connectivity index is 0.000000369. The number of terminal acetylenes is 1. The van der Waals surface area contributed by atoms with Gasteiger partial charge < -0.3 is 16.0 Å². The van der Waals surface area contributed by atoms with Gasteiger partial charge in [0.15, 0.2) is 0 Å². The highest BCUT2D eigenvalue weighted by atomic mass is 19.1. The highest BCUT2D eigenvalue weighted by molar-refractivity contribution is 6.08. The third-order valence-electron chi connectivity index (χ3n) is 5.63. The molecule has 3 aromatic carbocycles. The molecule has 1 unspecified atom stereocenters. The van der Waals surface area contributed by atoms with Crippen LogP contribution in [0.1, 0.15) is 37.3 Å². The Morgan fingerprint density at radius 3 is 2.31 bits per heavy atom. The Bertz CT molecular complexity index is 1120. The molecule has 1 aliphatic carbocycles. The van der Waals surface area contributed by atoms with Crippen LogP contribution in [0, 0.1) is 24.6 Å². The summed E-state index contributed by atoms with van der Waals surface area (Å²) in [5.74, 6) is 1.09. The first-order valence-corrected chi connectivity index (χ1v) is 11.9. The molecular formula is C30H33FN4. The van der Waals surface area contributed by atoms with Crippen molar-refractivity contribution < 1.29 is 4.39 Å². The van der Waals surface area contributed by atoms with E-state index in [4.69, 9.17) is 4.99 Å². The standard InChI is InChI=1S/C22H25FN4.C6H6.C2H2/c1-3-12-24-19-11-10-16(23)13-18(19)14(2)25-22-17-6-4-5-7-20(17)26-21(27-22)15-8-9-15;1-2-4-6-5-3-1;1-2/h4-7,10-11,13,15,21,24,26H,2-3,8-9,12H2,1H3,(H,25,27);1-6H;1-2H. The highest BCUT2D eigenvalue weighted by Crippen LogP contribution is 2.37. The van der Waals surface area contributed by atoms with Gasteiger partial charge in [0.1, 0.15) is 17.8 Å². The van der Waals surface area contributed by atoms with Crippen molar-refractivity contribution >= 4 is 22.9 Å². The van der Waals surface area contributed by atoms with Gasteiger partial charge in [0, 0.05) is 34.7 Å². The third-order valence-corrected chi connectivity index (χ3v) is 5.63. The molecule has 0 spiro atoms. The van der Waals surface area contributed by atoms with Gasteiger partial charge in [0.2, 0.25) is 0 Å². The topological polar surface area (TPSA) is 48.5 Å². The van der Waals surface area contributed by atoms with E-state index >= 15 is 0 Å². The predicted octanol–water partition coefficient (Wildman–Crippen LogP) is 6.75. The van der Waals surface area contributed by atoms with E-state index in [2.05, 4.69) is 48.4 Å². The fourth-order valence-corrected chi connectivity index (χ4v) is 3.73. The molecule has 1 atom stereocenters. The van der Waals surface area contributed by atoms with E-state index in [1.165, 1.54) is 25.0 Å². The Morgan fingerprint density at radius 1 is 1.03 bits per heavy atom. The van der Waals surface area contributed by atoms with E-state index in [1.807, 2.05) is 54.6 Å². The Kier molecular flexibility index (Phi) is 9.50. The molecule has 35 heavy (non-hydrogen) atoms. The first-order chi connectivity index (χ1) is 17.2. The van der Waals surface area contributed by atoms with Gasteiger partial charge >= 0.3 is 0 Å². The molecule has 180 valence electrons. The van der Waals surface area contributed by atoms with Gasteiger partial charge in [0.25, 0.3) is 0 Å². The van der Waals surface area contributed by atoms with Crippen molar-refractivity contribution in [3.63, 3.8) is 0 Å². The quantitative estimate of drug-likeness (QED) is 0.351. The van der Waals surface area contributed by atoms with Gasteiger partial charge in [-0.15, -0.1) is 12.8 Å². The molecule has 3 N–H and O–H groups in total. The van der Waals surface area contributed by atoms with Crippen LogP contribution in [0.5, 0.6) is 0 Å². The van der Waals surface area contributed by atoms with Gasteiger partial charge in [-0.2, -0.15) is 0 Å². The van der Waals surface area contributed by atoms with Crippen LogP contribution in [0.4, 0.5) is 15.8 Å². The van der Waals surface area contributed by atoms with Crippen molar-refractivity contribution in [3.05, 3.63) is 102 Å². The second-order valence-corrected chi connectivity index (χ2v) is 8.32. The first-order valence-electron chi connectivity index (χ1n) is 11.9. The number of benzene rings is 3. The van der Waals surface area contributed by atoms with E-state index < -0.39 is 0 Å². The fraction of sp³-hybridized carbons (Fsp3) is 0.233. The summed E-state index contributed by atoms with van der Waals surface area (Å²) in [6.07, 6.45) is 11.5. The van der Waals surface area contributed by atoms with Crippen LogP contribution in [0.3, 0.4) is 0 Å². The fourth-order valence-electron chi connectivity index (χ4n) is 3.73. The number of nitrogens with one attached hydrogen (secondary N) is 3. The molecule has 1 saturated carbocycles. The lowest BCUT2D eigenvalue weighted by Gasteiger charge is -2.27. The maximum absolute atomic E-state index is 13.9. The minimum Gasteiger partial charge on any atom is -0.385 e. The van der Waals surface area contributed by atoms with Crippen LogP contribution in [-0.2, 0) is 0 Å². The summed E-state index contributed by atoms with van der Waals surface area (Å²) in [5, 5.41) is 10.2. The molecule has 2 aliphatic rings. The van der Waals surface area contributed by atoms with Gasteiger partial charge in [-0.3, -0.25) is 0 Å². The van der Waals surface area contributed by atoms with Crippen molar-refractivity contribution in [2.45, 2.75) is 32.4 Å². The highest BCUT2D eigenvalue weighted by Gasteiger charge is 2.34. The maximum atomic E-state index is 13.9. The first kappa shape index (κ1) is 25.6. The van der Waals surface area contributed by atoms with E-state index in [1.54, 1.807) is 6.07 Å². The molecule has 1 aliphatic heterocycles. The van der Waals surface area contributed by atoms with Crippen molar-refractivity contribution in [3.8, 4) is 12.8 Å². The van der Waals surface area contributed by atoms with Crippen molar-refractivity contribution in [2.24, 2.45) is 10.9 Å². The normalized spacial score (nSPS) is 15.4. The van der Waals surface area contributed by atoms with E-state index in [0.717, 1.165) is 41.3 Å². The number of rotatable bonds is 6. The van der Waals surface area contributed by atoms with Gasteiger partial charge in [0.05, 0.1) is 0 Å². The van der Waals surface area contributed by atoms with Crippen LogP contribution in [-0.4, -0.2) is 18.5 Å². The summed E-state index contributed by atoms with van der Waals surface area (Å²) in [6.45, 7) is 7.09. The van der Waals surface area contributed by atoms with E-state index in [-0.39, 0.29) is 12.0 Å². The van der Waals surface area contributed by atoms with Crippen molar-refractivity contribution in [1.82, 2.24) is 5.32 Å². The lowest BCUT2D eigenvalue weighted by atomic mass is 10.1. The number of para-hydroxylation sites is 1. The number of halogens is 1. The Labute approximate surface area is 208 Å². The Hall–Kier alpha value is -4.04. The summed E-state index contributed by atoms with van der Waals surface area (Å²) in [7, 11) is 0. The van der Waals surface area contributed by atoms with Crippen LogP contribution in [0.15, 0.2) is 90.4 Å². The number of amidine groups is 1. The molecule has 5 heteroatoms. The SMILES string of the molecule is C#C.C=C(NC1=NC(C2CC2)Nc2ccccc21)c1cc(F)ccc1NCCC.c1ccccc1. The van der Waals surface area contributed by atoms with Gasteiger partial charge in [-0.25, -0.2) is 9.38 Å². The predicted molar refractivity (Wildman–Crippen MR) is 147 cm³/mol. The summed E-state index contributed by atoms with van der Waals surface area (Å²) in [6, 6.07) is 24.9. The zero-order valence-electron chi connectivity index (χ0n) is 20.2. The summed E-state index contributed by atoms with van der Waals surface area (Å²) >= 11 is 0. The zero-order chi connectivity index (χ0) is 25.0. The molecule has 1 fully saturated rings. The number of anilines is 2. The molecule has 1 heterocycles. The number of hydrogen-bond donors (Lipinski definition) is 3. The maximum Gasteiger partial charge on any atom is 0.137 e. The van der Waals surface area contributed by atoms with Crippen molar-refractivity contribution in [1.29, 1.82) is 0 Å². The van der Waals surface area contributed by atoms with Crippen LogP contribution >= 0.6 is 0 Å². The molecule has 0 amide bonds. The molecule has 0 saturated heterocycles. The molecule has 0 bridgehead atoms. The minimum atomic E-state index is -0.279. The molecule has 4 nitrogen and oxygen atoms in total. The average molecular weight is 469 g/mol. The smallest absolute Gasteiger partial charge is 0.137 e. The lowest BCUT2D eigenvalue weighted by Crippen LogP contribution is -2.34. The average Bonchev–Trinajstić information content (AvgIpc) is 3.76. The summed E-state index contributed by atoms with van der Waals surface area (Å²) in [5.41, 5.74) is 4.32. The summed E-state index contributed by atoms with van der Waals surface area (Å²) < 4.78 is 13.9. The second kappa shape index (κ2) is 13.0.